The molecule has 38 heavy (non-hydrogen) atoms. The first kappa shape index (κ1) is 27.9. The predicted octanol–water partition coefficient (Wildman–Crippen LogP) is 2.89. The molecule has 0 aromatic heterocycles. The summed E-state index contributed by atoms with van der Waals surface area (Å²) < 4.78 is 0. The molecular formula is C28H32N6O4. The summed E-state index contributed by atoms with van der Waals surface area (Å²) in [4.78, 5) is 39.1. The summed E-state index contributed by atoms with van der Waals surface area (Å²) in [6, 6.07) is 25.6. The highest BCUT2D eigenvalue weighted by molar-refractivity contribution is 5.92. The zero-order valence-electron chi connectivity index (χ0n) is 21.2. The van der Waals surface area contributed by atoms with Crippen molar-refractivity contribution in [2.45, 2.75) is 38.3 Å². The largest absolute Gasteiger partial charge is 0.368 e. The van der Waals surface area contributed by atoms with Crippen LogP contribution in [0.15, 0.2) is 90.0 Å². The van der Waals surface area contributed by atoms with Gasteiger partial charge < -0.3 is 21.7 Å². The fourth-order valence-electron chi connectivity index (χ4n) is 4.25. The molecule has 0 aliphatic rings. The first-order valence-corrected chi connectivity index (χ1v) is 12.2. The first-order valence-electron chi connectivity index (χ1n) is 12.2. The van der Waals surface area contributed by atoms with Crippen LogP contribution in [0.4, 0.5) is 0 Å². The normalized spacial score (nSPS) is 12.1. The standard InChI is InChI=1S/C28H32N6O4/c1-20-14-16-21(17-15-20)19-33(24(26(29)35)13-8-18-31-28(30)32-34(37)38)27(36)25(22-9-4-2-5-10-22)23-11-6-3-7-12-23/h2-7,9-12,14-17,24-25H,8,13,18-19H2,1H3,(H2,29,35)(H3,30,31,32)/t24-/m1/s1. The number of nitrogens with one attached hydrogen (secondary N) is 1. The lowest BCUT2D eigenvalue weighted by Crippen LogP contribution is -2.49. The van der Waals surface area contributed by atoms with Crippen molar-refractivity contribution in [1.29, 1.82) is 0 Å². The van der Waals surface area contributed by atoms with Crippen molar-refractivity contribution in [2.75, 3.05) is 6.54 Å². The van der Waals surface area contributed by atoms with Crippen LogP contribution in [0.5, 0.6) is 0 Å². The molecule has 2 amide bonds. The minimum Gasteiger partial charge on any atom is -0.368 e. The zero-order valence-corrected chi connectivity index (χ0v) is 21.2. The number of rotatable bonds is 12. The predicted molar refractivity (Wildman–Crippen MR) is 145 cm³/mol. The van der Waals surface area contributed by atoms with Gasteiger partial charge in [-0.25, -0.2) is 10.1 Å². The molecule has 0 aliphatic carbocycles. The van der Waals surface area contributed by atoms with Gasteiger partial charge in [0.2, 0.25) is 11.8 Å². The lowest BCUT2D eigenvalue weighted by Gasteiger charge is -2.33. The van der Waals surface area contributed by atoms with E-state index in [1.807, 2.05) is 91.9 Å². The molecule has 3 aromatic carbocycles. The third kappa shape index (κ3) is 7.89. The summed E-state index contributed by atoms with van der Waals surface area (Å²) in [7, 11) is 0. The topological polar surface area (TPSA) is 157 Å². The minimum atomic E-state index is -0.922. The fraction of sp³-hybridized carbons (Fsp3) is 0.250. The van der Waals surface area contributed by atoms with Crippen LogP contribution in [0.1, 0.15) is 41.0 Å². The third-order valence-electron chi connectivity index (χ3n) is 6.12. The number of guanidine groups is 1. The van der Waals surface area contributed by atoms with Crippen molar-refractivity contribution in [2.24, 2.45) is 16.6 Å². The summed E-state index contributed by atoms with van der Waals surface area (Å²) in [6.45, 7) is 2.36. The molecule has 0 unspecified atom stereocenters. The molecule has 0 radical (unpaired) electrons. The molecule has 1 atom stereocenters. The van der Waals surface area contributed by atoms with Crippen LogP contribution in [0, 0.1) is 17.0 Å². The van der Waals surface area contributed by atoms with Crippen molar-refractivity contribution in [3.05, 3.63) is 117 Å². The van der Waals surface area contributed by atoms with E-state index in [0.717, 1.165) is 22.3 Å². The Morgan fingerprint density at radius 2 is 1.50 bits per heavy atom. The molecule has 198 valence electrons. The number of benzene rings is 3. The van der Waals surface area contributed by atoms with E-state index in [4.69, 9.17) is 11.5 Å². The SMILES string of the molecule is Cc1ccc(CN(C(=O)C(c2ccccc2)c2ccccc2)[C@H](CCCNC(N)=N[N+](=O)[O-])C(N)=O)cc1. The summed E-state index contributed by atoms with van der Waals surface area (Å²) in [6.07, 6.45) is 0.586. The Labute approximate surface area is 221 Å². The van der Waals surface area contributed by atoms with Crippen LogP contribution < -0.4 is 16.8 Å². The van der Waals surface area contributed by atoms with Gasteiger partial charge in [-0.15, -0.1) is 0 Å². The molecule has 10 nitrogen and oxygen atoms in total. The number of nitrogens with zero attached hydrogens (tertiary/aromatic N) is 3. The number of hydrogen-bond donors (Lipinski definition) is 3. The molecule has 0 spiro atoms. The maximum Gasteiger partial charge on any atom is 0.266 e. The van der Waals surface area contributed by atoms with Gasteiger partial charge in [-0.2, -0.15) is 0 Å². The highest BCUT2D eigenvalue weighted by Crippen LogP contribution is 2.29. The average molecular weight is 517 g/mol. The lowest BCUT2D eigenvalue weighted by atomic mass is 9.89. The molecule has 0 heterocycles. The van der Waals surface area contributed by atoms with Crippen LogP contribution in [0.25, 0.3) is 0 Å². The maximum absolute atomic E-state index is 14.3. The molecule has 5 N–H and O–H groups in total. The van der Waals surface area contributed by atoms with Gasteiger partial charge in [-0.1, -0.05) is 90.5 Å². The average Bonchev–Trinajstić information content (AvgIpc) is 2.89. The van der Waals surface area contributed by atoms with E-state index < -0.39 is 22.9 Å². The quantitative estimate of drug-likeness (QED) is 0.110. The summed E-state index contributed by atoms with van der Waals surface area (Å²) in [5, 5.41) is 15.2. The van der Waals surface area contributed by atoms with Gasteiger partial charge in [-0.3, -0.25) is 9.59 Å². The Bertz CT molecular complexity index is 1210. The molecule has 10 heteroatoms. The second-order valence-electron chi connectivity index (χ2n) is 8.92. The van der Waals surface area contributed by atoms with Crippen molar-refractivity contribution >= 4 is 17.8 Å². The highest BCUT2D eigenvalue weighted by atomic mass is 16.7. The molecule has 3 rings (SSSR count). The monoisotopic (exact) mass is 516 g/mol. The van der Waals surface area contributed by atoms with E-state index in [1.165, 1.54) is 4.90 Å². The van der Waals surface area contributed by atoms with E-state index in [-0.39, 0.29) is 31.4 Å². The van der Waals surface area contributed by atoms with E-state index in [1.54, 1.807) is 0 Å². The molecular weight excluding hydrogens is 484 g/mol. The van der Waals surface area contributed by atoms with Gasteiger partial charge in [0.1, 0.15) is 11.1 Å². The maximum atomic E-state index is 14.3. The van der Waals surface area contributed by atoms with E-state index >= 15 is 0 Å². The Balaban J connectivity index is 1.94. The lowest BCUT2D eigenvalue weighted by molar-refractivity contribution is -0.485. The van der Waals surface area contributed by atoms with E-state index in [2.05, 4.69) is 10.4 Å². The summed E-state index contributed by atoms with van der Waals surface area (Å²) >= 11 is 0. The van der Waals surface area contributed by atoms with Crippen LogP contribution >= 0.6 is 0 Å². The number of hydrogen-bond acceptors (Lipinski definition) is 4. The molecule has 0 aliphatic heterocycles. The van der Waals surface area contributed by atoms with Crippen molar-refractivity contribution < 1.29 is 14.6 Å². The number of carbonyl (C=O) groups excluding carboxylic acids is 2. The van der Waals surface area contributed by atoms with Crippen LogP contribution in [0.3, 0.4) is 0 Å². The number of aryl methyl sites for hydroxylation is 1. The van der Waals surface area contributed by atoms with E-state index in [0.29, 0.717) is 6.42 Å². The number of carbonyl (C=O) groups is 2. The number of primary amides is 1. The van der Waals surface area contributed by atoms with E-state index in [9.17, 15) is 19.7 Å². The van der Waals surface area contributed by atoms with Crippen molar-refractivity contribution in [3.8, 4) is 0 Å². The van der Waals surface area contributed by atoms with Gasteiger partial charge in [-0.05, 0) is 36.5 Å². The molecule has 0 bridgehead atoms. The molecule has 0 saturated carbocycles. The molecule has 0 fully saturated rings. The molecule has 0 saturated heterocycles. The Morgan fingerprint density at radius 1 is 0.947 bits per heavy atom. The summed E-state index contributed by atoms with van der Waals surface area (Å²) in [5.41, 5.74) is 14.9. The Hall–Kier alpha value is -4.73. The second-order valence-corrected chi connectivity index (χ2v) is 8.92. The third-order valence-corrected chi connectivity index (χ3v) is 6.12. The second kappa shape index (κ2) is 13.5. The first-order chi connectivity index (χ1) is 18.3. The number of nitrogens with two attached hydrogens (primary N) is 2. The van der Waals surface area contributed by atoms with Gasteiger partial charge in [0.25, 0.3) is 5.96 Å². The minimum absolute atomic E-state index is 0.182. The number of nitro groups is 1. The van der Waals surface area contributed by atoms with Crippen molar-refractivity contribution in [1.82, 2.24) is 10.2 Å². The summed E-state index contributed by atoms with van der Waals surface area (Å²) in [5.74, 6) is -1.89. The number of amides is 2. The van der Waals surface area contributed by atoms with Gasteiger partial charge in [0.15, 0.2) is 5.03 Å². The smallest absolute Gasteiger partial charge is 0.266 e. The fourth-order valence-corrected chi connectivity index (χ4v) is 4.25. The van der Waals surface area contributed by atoms with Gasteiger partial charge >= 0.3 is 0 Å². The Kier molecular flexibility index (Phi) is 9.93. The van der Waals surface area contributed by atoms with Crippen LogP contribution in [-0.4, -0.2) is 40.3 Å². The van der Waals surface area contributed by atoms with Gasteiger partial charge in [0, 0.05) is 13.1 Å². The van der Waals surface area contributed by atoms with Crippen LogP contribution in [0.2, 0.25) is 0 Å². The highest BCUT2D eigenvalue weighted by Gasteiger charge is 2.34. The van der Waals surface area contributed by atoms with Crippen molar-refractivity contribution in [3.63, 3.8) is 0 Å². The van der Waals surface area contributed by atoms with Crippen LogP contribution in [-0.2, 0) is 16.1 Å². The Morgan fingerprint density at radius 3 is 2.00 bits per heavy atom. The van der Waals surface area contributed by atoms with Gasteiger partial charge in [0.05, 0.1) is 5.92 Å². The zero-order chi connectivity index (χ0) is 27.5. The molecule has 3 aromatic rings. The number of hydrazone groups is 1.